The molecule has 0 radical (unpaired) electrons. The molecule has 1 saturated carbocycles. The zero-order valence-corrected chi connectivity index (χ0v) is 13.2. The van der Waals surface area contributed by atoms with Crippen molar-refractivity contribution in [3.05, 3.63) is 23.8 Å². The van der Waals surface area contributed by atoms with Crippen LogP contribution in [0.15, 0.2) is 18.2 Å². The fourth-order valence-electron chi connectivity index (χ4n) is 2.87. The lowest BCUT2D eigenvalue weighted by atomic mass is 9.98. The van der Waals surface area contributed by atoms with E-state index >= 15 is 0 Å². The Morgan fingerprint density at radius 2 is 1.67 bits per heavy atom. The Hall–Kier alpha value is -1.27. The fraction of sp³-hybridized carbons (Fsp3) is 0.600. The van der Waals surface area contributed by atoms with E-state index in [4.69, 9.17) is 9.47 Å². The predicted octanol–water partition coefficient (Wildman–Crippen LogP) is 1.99. The highest BCUT2D eigenvalue weighted by molar-refractivity contribution is 7.90. The topological polar surface area (TPSA) is 55.8 Å². The minimum atomic E-state index is -3.07. The zero-order chi connectivity index (χ0) is 15.0. The lowest BCUT2D eigenvalue weighted by Gasteiger charge is -2.17. The Morgan fingerprint density at radius 1 is 1.05 bits per heavy atom. The maximum atomic E-state index is 12.3. The molecule has 0 N–H and O–H groups in total. The van der Waals surface area contributed by atoms with E-state index in [1.165, 1.54) is 0 Å². The third kappa shape index (κ3) is 2.87. The monoisotopic (exact) mass is 311 g/mol. The van der Waals surface area contributed by atoms with Gasteiger partial charge in [-0.25, -0.2) is 12.7 Å². The van der Waals surface area contributed by atoms with E-state index in [0.29, 0.717) is 13.1 Å². The van der Waals surface area contributed by atoms with Gasteiger partial charge in [0.05, 0.1) is 19.5 Å². The summed E-state index contributed by atoms with van der Waals surface area (Å²) in [5, 5.41) is -0.129. The van der Waals surface area contributed by atoms with Gasteiger partial charge in [0.1, 0.15) is 11.5 Å². The summed E-state index contributed by atoms with van der Waals surface area (Å²) in [7, 11) is 0.177. The molecular formula is C15H21NO4S. The highest BCUT2D eigenvalue weighted by atomic mass is 32.2. The Kier molecular flexibility index (Phi) is 3.84. The van der Waals surface area contributed by atoms with Crippen molar-refractivity contribution in [3.63, 3.8) is 0 Å². The highest BCUT2D eigenvalue weighted by Gasteiger charge is 2.42. The van der Waals surface area contributed by atoms with Crippen LogP contribution in [0.4, 0.5) is 0 Å². The summed E-state index contributed by atoms with van der Waals surface area (Å²) in [5.41, 5.74) is 1.08. The van der Waals surface area contributed by atoms with Crippen molar-refractivity contribution in [2.75, 3.05) is 27.3 Å². The van der Waals surface area contributed by atoms with Crippen LogP contribution in [-0.4, -0.2) is 45.3 Å². The van der Waals surface area contributed by atoms with Crippen LogP contribution in [0.3, 0.4) is 0 Å². The van der Waals surface area contributed by atoms with Crippen molar-refractivity contribution < 1.29 is 17.9 Å². The lowest BCUT2D eigenvalue weighted by Crippen LogP contribution is -2.31. The first-order valence-corrected chi connectivity index (χ1v) is 8.77. The first kappa shape index (κ1) is 14.7. The minimum Gasteiger partial charge on any atom is -0.497 e. The molecule has 1 aromatic rings. The molecule has 0 aromatic heterocycles. The summed E-state index contributed by atoms with van der Waals surface area (Å²) in [6, 6.07) is 5.78. The van der Waals surface area contributed by atoms with Crippen LogP contribution in [0.5, 0.6) is 11.5 Å². The second kappa shape index (κ2) is 5.50. The standard InChI is InChI=1S/C15H21NO4S/c1-19-13-7-12(8-14(9-13)20-2)11-5-6-16(10-11)21(17,18)15-3-4-15/h7-9,11,15H,3-6,10H2,1-2H3/t11-/m0/s1. The summed E-state index contributed by atoms with van der Waals surface area (Å²) in [6.45, 7) is 1.18. The van der Waals surface area contributed by atoms with E-state index in [2.05, 4.69) is 0 Å². The van der Waals surface area contributed by atoms with Crippen LogP contribution in [0.25, 0.3) is 0 Å². The molecule has 21 heavy (non-hydrogen) atoms. The number of rotatable bonds is 5. The summed E-state index contributed by atoms with van der Waals surface area (Å²) in [5.74, 6) is 1.70. The van der Waals surface area contributed by atoms with E-state index in [0.717, 1.165) is 36.3 Å². The number of hydrogen-bond acceptors (Lipinski definition) is 4. The first-order chi connectivity index (χ1) is 10.0. The van der Waals surface area contributed by atoms with Gasteiger partial charge in [0.25, 0.3) is 0 Å². The van der Waals surface area contributed by atoms with E-state index in [1.807, 2.05) is 18.2 Å². The highest BCUT2D eigenvalue weighted by Crippen LogP contribution is 2.37. The smallest absolute Gasteiger partial charge is 0.217 e. The second-order valence-corrected chi connectivity index (χ2v) is 7.95. The maximum Gasteiger partial charge on any atom is 0.217 e. The third-order valence-electron chi connectivity index (χ3n) is 4.30. The Balaban J connectivity index is 1.79. The molecule has 1 aliphatic heterocycles. The molecule has 1 heterocycles. The molecule has 1 saturated heterocycles. The molecule has 116 valence electrons. The lowest BCUT2D eigenvalue weighted by molar-refractivity contribution is 0.392. The van der Waals surface area contributed by atoms with Crippen LogP contribution in [-0.2, 0) is 10.0 Å². The normalized spacial score (nSPS) is 23.2. The number of benzene rings is 1. The van der Waals surface area contributed by atoms with Crippen molar-refractivity contribution in [1.82, 2.24) is 4.31 Å². The molecule has 1 atom stereocenters. The van der Waals surface area contributed by atoms with Crippen LogP contribution in [0.2, 0.25) is 0 Å². The summed E-state index contributed by atoms with van der Waals surface area (Å²) < 4.78 is 36.8. The van der Waals surface area contributed by atoms with E-state index in [-0.39, 0.29) is 11.2 Å². The number of hydrogen-bond donors (Lipinski definition) is 0. The number of methoxy groups -OCH3 is 2. The van der Waals surface area contributed by atoms with Gasteiger partial charge >= 0.3 is 0 Å². The van der Waals surface area contributed by atoms with Gasteiger partial charge in [0, 0.05) is 19.2 Å². The Morgan fingerprint density at radius 3 is 2.19 bits per heavy atom. The Bertz CT molecular complexity index is 602. The SMILES string of the molecule is COc1cc(OC)cc([C@H]2CCN(S(=O)(=O)C3CC3)C2)c1. The average Bonchev–Trinajstić information content (AvgIpc) is 3.24. The number of sulfonamides is 1. The van der Waals surface area contributed by atoms with Crippen molar-refractivity contribution in [3.8, 4) is 11.5 Å². The molecule has 0 bridgehead atoms. The molecule has 0 spiro atoms. The van der Waals surface area contributed by atoms with Crippen LogP contribution >= 0.6 is 0 Å². The van der Waals surface area contributed by atoms with Gasteiger partial charge in [0.2, 0.25) is 10.0 Å². The maximum absolute atomic E-state index is 12.3. The van der Waals surface area contributed by atoms with E-state index in [9.17, 15) is 8.42 Å². The largest absolute Gasteiger partial charge is 0.497 e. The molecule has 1 aromatic carbocycles. The minimum absolute atomic E-state index is 0.129. The molecule has 2 fully saturated rings. The Labute approximate surface area is 125 Å². The van der Waals surface area contributed by atoms with Crippen molar-refractivity contribution >= 4 is 10.0 Å². The van der Waals surface area contributed by atoms with Crippen molar-refractivity contribution in [1.29, 1.82) is 0 Å². The van der Waals surface area contributed by atoms with Gasteiger partial charge in [-0.2, -0.15) is 0 Å². The van der Waals surface area contributed by atoms with Gasteiger partial charge in [-0.15, -0.1) is 0 Å². The van der Waals surface area contributed by atoms with Gasteiger partial charge in [0.15, 0.2) is 0 Å². The molecule has 0 amide bonds. The number of ether oxygens (including phenoxy) is 2. The molecule has 3 rings (SSSR count). The zero-order valence-electron chi connectivity index (χ0n) is 12.4. The molecule has 5 nitrogen and oxygen atoms in total. The van der Waals surface area contributed by atoms with Gasteiger partial charge < -0.3 is 9.47 Å². The predicted molar refractivity (Wildman–Crippen MR) is 80.4 cm³/mol. The molecule has 2 aliphatic rings. The van der Waals surface area contributed by atoms with E-state index < -0.39 is 10.0 Å². The first-order valence-electron chi connectivity index (χ1n) is 7.26. The molecule has 6 heteroatoms. The van der Waals surface area contributed by atoms with Crippen LogP contribution in [0.1, 0.15) is 30.7 Å². The average molecular weight is 311 g/mol. The third-order valence-corrected chi connectivity index (χ3v) is 6.67. The number of nitrogens with zero attached hydrogens (tertiary/aromatic N) is 1. The van der Waals surface area contributed by atoms with Crippen molar-refractivity contribution in [2.45, 2.75) is 30.4 Å². The fourth-order valence-corrected chi connectivity index (χ4v) is 4.77. The summed E-state index contributed by atoms with van der Waals surface area (Å²) in [6.07, 6.45) is 2.48. The quantitative estimate of drug-likeness (QED) is 0.834. The molecule has 1 aliphatic carbocycles. The van der Waals surface area contributed by atoms with E-state index in [1.54, 1.807) is 18.5 Å². The molecular weight excluding hydrogens is 290 g/mol. The molecule has 0 unspecified atom stereocenters. The second-order valence-electron chi connectivity index (χ2n) is 5.73. The summed E-state index contributed by atoms with van der Waals surface area (Å²) >= 11 is 0. The van der Waals surface area contributed by atoms with Gasteiger partial charge in [-0.1, -0.05) is 0 Å². The van der Waals surface area contributed by atoms with Crippen molar-refractivity contribution in [2.24, 2.45) is 0 Å². The summed E-state index contributed by atoms with van der Waals surface area (Å²) in [4.78, 5) is 0. The van der Waals surface area contributed by atoms with Gasteiger partial charge in [-0.05, 0) is 42.9 Å². The van der Waals surface area contributed by atoms with Gasteiger partial charge in [-0.3, -0.25) is 0 Å². The van der Waals surface area contributed by atoms with Crippen LogP contribution in [0, 0.1) is 0 Å². The van der Waals surface area contributed by atoms with Crippen LogP contribution < -0.4 is 9.47 Å².